The first-order valence-electron chi connectivity index (χ1n) is 11.7. The van der Waals surface area contributed by atoms with Crippen LogP contribution in [0.15, 0.2) is 48.7 Å². The summed E-state index contributed by atoms with van der Waals surface area (Å²) in [6.07, 6.45) is 5.14. The van der Waals surface area contributed by atoms with Crippen LogP contribution in [0.4, 0.5) is 4.39 Å². The number of nitrogens with zero attached hydrogens (tertiary/aromatic N) is 4. The second-order valence-electron chi connectivity index (χ2n) is 9.28. The molecule has 3 atom stereocenters. The molecule has 3 unspecified atom stereocenters. The van der Waals surface area contributed by atoms with E-state index in [2.05, 4.69) is 14.3 Å². The van der Waals surface area contributed by atoms with Gasteiger partial charge in [-0.2, -0.15) is 5.10 Å². The molecule has 0 aliphatic carbocycles. The molecule has 0 saturated carbocycles. The van der Waals surface area contributed by atoms with E-state index in [-0.39, 0.29) is 18.4 Å². The Morgan fingerprint density at radius 1 is 1.38 bits per heavy atom. The van der Waals surface area contributed by atoms with Gasteiger partial charge in [-0.05, 0) is 71.7 Å². The molecule has 1 aromatic carbocycles. The Morgan fingerprint density at radius 3 is 2.73 bits per heavy atom. The average Bonchev–Trinajstić information content (AvgIpc) is 3.43. The number of likely N-dealkylation sites (N-methyl/N-ethyl adjacent to an activating group) is 1. The molecular formula is C25H26B2ClFIN4OPS. The fraction of sp³-hybridized carbons (Fsp3) is 0.360. The minimum atomic E-state index is -1.76. The van der Waals surface area contributed by atoms with Crippen molar-refractivity contribution in [3.8, 4) is 11.1 Å². The molecule has 0 fully saturated rings. The SMILES string of the molecule is [B]C1([B])c2sc(Cl)cc2C(c2ccccc2-c2cn(CC)nc2C(F)(P)I)CN1C(=O)/C=C/CN(C)C. The number of aryl methyl sites for hydroxylation is 1. The lowest BCUT2D eigenvalue weighted by atomic mass is 9.56. The van der Waals surface area contributed by atoms with Crippen molar-refractivity contribution in [1.82, 2.24) is 19.6 Å². The molecule has 0 N–H and O–H groups in total. The number of halogens is 3. The summed E-state index contributed by atoms with van der Waals surface area (Å²) in [4.78, 5) is 17.4. The summed E-state index contributed by atoms with van der Waals surface area (Å²) in [6, 6.07) is 9.65. The van der Waals surface area contributed by atoms with E-state index in [1.165, 1.54) is 22.3 Å². The number of amides is 1. The molecular weight excluding hydrogens is 638 g/mol. The van der Waals surface area contributed by atoms with Crippen LogP contribution in [0.25, 0.3) is 11.1 Å². The first-order valence-corrected chi connectivity index (χ1v) is 14.5. The molecule has 4 rings (SSSR count). The van der Waals surface area contributed by atoms with Gasteiger partial charge >= 0.3 is 0 Å². The standard InChI is InChI=1S/C25H26B2ClFIN4OPS/c1-4-33-13-19(22(31-33)25(29,30)36)16-9-6-5-8-15(16)18-14-34(21(35)10-7-11-32(2)3)24(26,27)23-17(18)12-20(28)37-23/h5-10,12-13,18H,4,11,14,36H2,1-3H3/b10-7+. The number of thiophene rings is 1. The molecule has 3 heterocycles. The number of carbonyl (C=O) groups excluding carboxylic acids is 1. The summed E-state index contributed by atoms with van der Waals surface area (Å²) >= 11 is 9.46. The van der Waals surface area contributed by atoms with E-state index in [1.54, 1.807) is 33.3 Å². The van der Waals surface area contributed by atoms with E-state index in [1.807, 2.05) is 62.4 Å². The molecule has 12 heteroatoms. The van der Waals surface area contributed by atoms with Crippen LogP contribution in [0.3, 0.4) is 0 Å². The van der Waals surface area contributed by atoms with Gasteiger partial charge in [-0.3, -0.25) is 9.48 Å². The summed E-state index contributed by atoms with van der Waals surface area (Å²) in [6.45, 7) is 3.39. The highest BCUT2D eigenvalue weighted by Crippen LogP contribution is 2.49. The van der Waals surface area contributed by atoms with Crippen LogP contribution in [-0.4, -0.2) is 68.4 Å². The number of alkyl halides is 2. The molecule has 0 bridgehead atoms. The fourth-order valence-corrected chi connectivity index (χ4v) is 6.50. The monoisotopic (exact) mass is 664 g/mol. The Hall–Kier alpha value is -1.19. The largest absolute Gasteiger partial charge is 0.345 e. The van der Waals surface area contributed by atoms with Crippen molar-refractivity contribution in [2.45, 2.75) is 28.1 Å². The fourth-order valence-electron chi connectivity index (χ4n) is 4.57. The third-order valence-corrected chi connectivity index (χ3v) is 8.51. The van der Waals surface area contributed by atoms with Crippen molar-refractivity contribution in [2.24, 2.45) is 0 Å². The maximum atomic E-state index is 15.2. The first kappa shape index (κ1) is 28.8. The Balaban J connectivity index is 1.86. The van der Waals surface area contributed by atoms with Gasteiger partial charge in [0.25, 0.3) is 0 Å². The third kappa shape index (κ3) is 5.88. The number of benzene rings is 1. The molecule has 3 aromatic rings. The lowest BCUT2D eigenvalue weighted by Crippen LogP contribution is -2.54. The van der Waals surface area contributed by atoms with Gasteiger partial charge in [0, 0.05) is 48.3 Å². The number of carbonyl (C=O) groups is 1. The van der Waals surface area contributed by atoms with Crippen LogP contribution < -0.4 is 0 Å². The molecule has 190 valence electrons. The Labute approximate surface area is 245 Å². The highest BCUT2D eigenvalue weighted by atomic mass is 127. The van der Waals surface area contributed by atoms with Crippen molar-refractivity contribution in [1.29, 1.82) is 0 Å². The third-order valence-electron chi connectivity index (χ3n) is 6.31. The lowest BCUT2D eigenvalue weighted by Gasteiger charge is -2.46. The van der Waals surface area contributed by atoms with Gasteiger partial charge in [0.1, 0.15) is 5.69 Å². The van der Waals surface area contributed by atoms with E-state index in [4.69, 9.17) is 27.3 Å². The number of rotatable bonds is 7. The van der Waals surface area contributed by atoms with Gasteiger partial charge in [-0.25, -0.2) is 4.39 Å². The zero-order valence-electron chi connectivity index (χ0n) is 20.8. The van der Waals surface area contributed by atoms with E-state index >= 15 is 4.39 Å². The van der Waals surface area contributed by atoms with Crippen LogP contribution in [-0.2, 0) is 20.1 Å². The molecule has 1 amide bonds. The predicted octanol–water partition coefficient (Wildman–Crippen LogP) is 5.21. The summed E-state index contributed by atoms with van der Waals surface area (Å²) in [5.41, 5.74) is 3.61. The van der Waals surface area contributed by atoms with E-state index < -0.39 is 8.75 Å². The quantitative estimate of drug-likeness (QED) is 0.115. The van der Waals surface area contributed by atoms with Gasteiger partial charge in [0.15, 0.2) is 0 Å². The zero-order chi connectivity index (χ0) is 27.1. The van der Waals surface area contributed by atoms with Crippen molar-refractivity contribution in [3.63, 3.8) is 0 Å². The summed E-state index contributed by atoms with van der Waals surface area (Å²) < 4.78 is 15.7. The maximum Gasteiger partial charge on any atom is 0.245 e. The van der Waals surface area contributed by atoms with Crippen LogP contribution in [0.2, 0.25) is 4.34 Å². The molecule has 1 aliphatic rings. The van der Waals surface area contributed by atoms with Crippen LogP contribution >= 0.6 is 54.8 Å². The minimum absolute atomic E-state index is 0.234. The van der Waals surface area contributed by atoms with Gasteiger partial charge in [-0.1, -0.05) is 51.2 Å². The Morgan fingerprint density at radius 2 is 2.08 bits per heavy atom. The Bertz CT molecular complexity index is 1340. The highest BCUT2D eigenvalue weighted by molar-refractivity contribution is 14.1. The minimum Gasteiger partial charge on any atom is -0.345 e. The average molecular weight is 665 g/mol. The maximum absolute atomic E-state index is 15.2. The summed E-state index contributed by atoms with van der Waals surface area (Å²) in [5.74, 6) is -0.573. The molecule has 37 heavy (non-hydrogen) atoms. The topological polar surface area (TPSA) is 41.4 Å². The van der Waals surface area contributed by atoms with E-state index in [0.29, 0.717) is 33.6 Å². The number of aromatic nitrogens is 2. The van der Waals surface area contributed by atoms with Crippen molar-refractivity contribution < 1.29 is 9.18 Å². The van der Waals surface area contributed by atoms with Gasteiger partial charge in [0.05, 0.1) is 20.0 Å². The van der Waals surface area contributed by atoms with Crippen LogP contribution in [0.1, 0.15) is 34.5 Å². The number of hydrogen-bond acceptors (Lipinski definition) is 4. The molecule has 2 aromatic heterocycles. The number of hydrogen-bond donors (Lipinski definition) is 0. The van der Waals surface area contributed by atoms with Gasteiger partial charge in [-0.15, -0.1) is 11.3 Å². The molecule has 5 nitrogen and oxygen atoms in total. The molecule has 0 saturated heterocycles. The molecule has 0 spiro atoms. The predicted molar refractivity (Wildman–Crippen MR) is 164 cm³/mol. The van der Waals surface area contributed by atoms with Crippen molar-refractivity contribution in [3.05, 3.63) is 74.7 Å². The smallest absolute Gasteiger partial charge is 0.245 e. The molecule has 1 aliphatic heterocycles. The van der Waals surface area contributed by atoms with Gasteiger partial charge < -0.3 is 9.80 Å². The lowest BCUT2D eigenvalue weighted by molar-refractivity contribution is -0.128. The van der Waals surface area contributed by atoms with E-state index in [9.17, 15) is 4.79 Å². The van der Waals surface area contributed by atoms with Crippen molar-refractivity contribution >= 4 is 76.4 Å². The number of fused-ring (bicyclic) bond motifs is 1. The van der Waals surface area contributed by atoms with Crippen LogP contribution in [0.5, 0.6) is 0 Å². The van der Waals surface area contributed by atoms with Crippen molar-refractivity contribution in [2.75, 3.05) is 27.2 Å². The van der Waals surface area contributed by atoms with Crippen LogP contribution in [0, 0.1) is 0 Å². The summed E-state index contributed by atoms with van der Waals surface area (Å²) in [5, 5.41) is 2.98. The van der Waals surface area contributed by atoms with Gasteiger partial charge in [0.2, 0.25) is 9.32 Å². The Kier molecular flexibility index (Phi) is 8.66. The normalized spacial score (nSPS) is 18.8. The second-order valence-corrected chi connectivity index (χ2v) is 14.5. The van der Waals surface area contributed by atoms with E-state index in [0.717, 1.165) is 16.7 Å². The first-order chi connectivity index (χ1) is 17.3. The zero-order valence-corrected chi connectivity index (χ0v) is 25.7. The second kappa shape index (κ2) is 11.1. The molecule has 4 radical (unpaired) electrons. The summed E-state index contributed by atoms with van der Waals surface area (Å²) in [7, 11) is 19.3. The highest BCUT2D eigenvalue weighted by Gasteiger charge is 2.43.